The van der Waals surface area contributed by atoms with Crippen molar-refractivity contribution in [2.75, 3.05) is 0 Å². The van der Waals surface area contributed by atoms with Crippen LogP contribution in [-0.4, -0.2) is 28.2 Å². The van der Waals surface area contributed by atoms with Gasteiger partial charge in [-0.2, -0.15) is 0 Å². The molecule has 1 atom stereocenters. The number of carboxylic acids is 1. The summed E-state index contributed by atoms with van der Waals surface area (Å²) < 4.78 is 4.76. The Morgan fingerprint density at radius 2 is 2.18 bits per heavy atom. The predicted molar refractivity (Wildman–Crippen MR) is 59.6 cm³/mol. The van der Waals surface area contributed by atoms with Crippen LogP contribution in [-0.2, 0) is 4.79 Å². The van der Waals surface area contributed by atoms with E-state index in [1.807, 2.05) is 13.8 Å². The number of nitrogens with one attached hydrogen (secondary N) is 1. The first-order valence-electron chi connectivity index (χ1n) is 5.36. The third kappa shape index (κ3) is 3.58. The normalized spacial score (nSPS) is 12.5. The van der Waals surface area contributed by atoms with Gasteiger partial charge in [0.1, 0.15) is 6.04 Å². The molecule has 2 N–H and O–H groups in total. The number of aromatic nitrogens is 1. The van der Waals surface area contributed by atoms with Crippen LogP contribution in [0.25, 0.3) is 0 Å². The molecule has 0 aliphatic rings. The molecule has 0 radical (unpaired) electrons. The number of amides is 1. The van der Waals surface area contributed by atoms with Gasteiger partial charge in [0.05, 0.1) is 6.20 Å². The smallest absolute Gasteiger partial charge is 0.326 e. The highest BCUT2D eigenvalue weighted by molar-refractivity contribution is 5.95. The molecule has 0 saturated carbocycles. The molecule has 1 unspecified atom stereocenters. The predicted octanol–water partition coefficient (Wildman–Crippen LogP) is 1.21. The van der Waals surface area contributed by atoms with Crippen molar-refractivity contribution in [3.05, 3.63) is 17.5 Å². The van der Waals surface area contributed by atoms with Gasteiger partial charge in [0, 0.05) is 5.56 Å². The summed E-state index contributed by atoms with van der Waals surface area (Å²) in [6.07, 6.45) is 1.78. The SMILES string of the molecule is Cc1cnoc1C(=O)NC(CC(C)C)C(=O)O. The van der Waals surface area contributed by atoms with E-state index in [0.717, 1.165) is 0 Å². The molecule has 1 amide bonds. The Balaban J connectivity index is 2.71. The van der Waals surface area contributed by atoms with E-state index in [2.05, 4.69) is 10.5 Å². The maximum atomic E-state index is 11.7. The van der Waals surface area contributed by atoms with Gasteiger partial charge in [-0.05, 0) is 19.3 Å². The summed E-state index contributed by atoms with van der Waals surface area (Å²) in [5.41, 5.74) is 0.580. The van der Waals surface area contributed by atoms with Crippen molar-refractivity contribution in [3.8, 4) is 0 Å². The van der Waals surface area contributed by atoms with E-state index in [1.54, 1.807) is 6.92 Å². The maximum Gasteiger partial charge on any atom is 0.326 e. The molecule has 6 heteroatoms. The van der Waals surface area contributed by atoms with Crippen LogP contribution in [0.3, 0.4) is 0 Å². The first kappa shape index (κ1) is 13.2. The lowest BCUT2D eigenvalue weighted by atomic mass is 10.0. The molecule has 0 bridgehead atoms. The number of carbonyl (C=O) groups excluding carboxylic acids is 1. The van der Waals surface area contributed by atoms with Gasteiger partial charge >= 0.3 is 5.97 Å². The highest BCUT2D eigenvalue weighted by Crippen LogP contribution is 2.09. The molecule has 1 aromatic rings. The first-order chi connectivity index (χ1) is 7.91. The molecule has 1 rings (SSSR count). The summed E-state index contributed by atoms with van der Waals surface area (Å²) in [5.74, 6) is -1.37. The first-order valence-corrected chi connectivity index (χ1v) is 5.36. The highest BCUT2D eigenvalue weighted by atomic mass is 16.5. The Bertz CT molecular complexity index is 411. The third-order valence-electron chi connectivity index (χ3n) is 2.27. The maximum absolute atomic E-state index is 11.7. The van der Waals surface area contributed by atoms with Crippen molar-refractivity contribution in [3.63, 3.8) is 0 Å². The van der Waals surface area contributed by atoms with Crippen LogP contribution >= 0.6 is 0 Å². The summed E-state index contributed by atoms with van der Waals surface area (Å²) in [5, 5.41) is 14.9. The molecular formula is C11H16N2O4. The van der Waals surface area contributed by atoms with Crippen molar-refractivity contribution in [1.82, 2.24) is 10.5 Å². The fourth-order valence-corrected chi connectivity index (χ4v) is 1.43. The Hall–Kier alpha value is -1.85. The zero-order valence-electron chi connectivity index (χ0n) is 10.1. The van der Waals surface area contributed by atoms with Gasteiger partial charge in [-0.25, -0.2) is 4.79 Å². The van der Waals surface area contributed by atoms with Crippen LogP contribution in [0.1, 0.15) is 36.4 Å². The van der Waals surface area contributed by atoms with Gasteiger partial charge in [-0.15, -0.1) is 0 Å². The molecule has 0 aliphatic heterocycles. The van der Waals surface area contributed by atoms with Gasteiger partial charge in [-0.1, -0.05) is 19.0 Å². The standard InChI is InChI=1S/C11H16N2O4/c1-6(2)4-8(11(15)16)13-10(14)9-7(3)5-12-17-9/h5-6,8H,4H2,1-3H3,(H,13,14)(H,15,16). The highest BCUT2D eigenvalue weighted by Gasteiger charge is 2.24. The molecule has 0 aliphatic carbocycles. The number of hydrogen-bond donors (Lipinski definition) is 2. The number of aryl methyl sites for hydroxylation is 1. The number of aliphatic carboxylic acids is 1. The molecule has 0 spiro atoms. The largest absolute Gasteiger partial charge is 0.480 e. The van der Waals surface area contributed by atoms with Crippen LogP contribution in [0.2, 0.25) is 0 Å². The average molecular weight is 240 g/mol. The summed E-state index contributed by atoms with van der Waals surface area (Å²) in [6.45, 7) is 5.45. The minimum atomic E-state index is -1.05. The van der Waals surface area contributed by atoms with Gasteiger partial charge in [0.15, 0.2) is 0 Å². The van der Waals surface area contributed by atoms with Gasteiger partial charge in [0.25, 0.3) is 5.91 Å². The number of carbonyl (C=O) groups is 2. The van der Waals surface area contributed by atoms with E-state index in [0.29, 0.717) is 12.0 Å². The van der Waals surface area contributed by atoms with Crippen molar-refractivity contribution in [1.29, 1.82) is 0 Å². The molecule has 17 heavy (non-hydrogen) atoms. The van der Waals surface area contributed by atoms with Crippen molar-refractivity contribution in [2.24, 2.45) is 5.92 Å². The molecule has 0 aromatic carbocycles. The zero-order valence-corrected chi connectivity index (χ0v) is 10.1. The van der Waals surface area contributed by atoms with E-state index in [4.69, 9.17) is 9.63 Å². The monoisotopic (exact) mass is 240 g/mol. The zero-order chi connectivity index (χ0) is 13.0. The molecule has 1 aromatic heterocycles. The Morgan fingerprint density at radius 3 is 2.59 bits per heavy atom. The second kappa shape index (κ2) is 5.47. The molecule has 1 heterocycles. The lowest BCUT2D eigenvalue weighted by molar-refractivity contribution is -0.139. The van der Waals surface area contributed by atoms with E-state index >= 15 is 0 Å². The van der Waals surface area contributed by atoms with Gasteiger partial charge in [0.2, 0.25) is 5.76 Å². The summed E-state index contributed by atoms with van der Waals surface area (Å²) >= 11 is 0. The third-order valence-corrected chi connectivity index (χ3v) is 2.27. The number of nitrogens with zero attached hydrogens (tertiary/aromatic N) is 1. The summed E-state index contributed by atoms with van der Waals surface area (Å²) in [7, 11) is 0. The van der Waals surface area contributed by atoms with E-state index in [-0.39, 0.29) is 11.7 Å². The Kier molecular flexibility index (Phi) is 4.25. The van der Waals surface area contributed by atoms with Gasteiger partial charge < -0.3 is 14.9 Å². The minimum absolute atomic E-state index is 0.0556. The van der Waals surface area contributed by atoms with Gasteiger partial charge in [-0.3, -0.25) is 4.79 Å². The second-order valence-corrected chi connectivity index (χ2v) is 4.33. The molecular weight excluding hydrogens is 224 g/mol. The molecule has 94 valence electrons. The minimum Gasteiger partial charge on any atom is -0.480 e. The van der Waals surface area contributed by atoms with Crippen molar-refractivity contribution in [2.45, 2.75) is 33.2 Å². The Labute approximate surface area is 99.0 Å². The van der Waals surface area contributed by atoms with E-state index in [9.17, 15) is 9.59 Å². The second-order valence-electron chi connectivity index (χ2n) is 4.33. The Morgan fingerprint density at radius 1 is 1.53 bits per heavy atom. The van der Waals surface area contributed by atoms with E-state index in [1.165, 1.54) is 6.20 Å². The lowest BCUT2D eigenvalue weighted by Crippen LogP contribution is -2.41. The van der Waals surface area contributed by atoms with E-state index < -0.39 is 17.9 Å². The van der Waals surface area contributed by atoms with Crippen LogP contribution in [0.5, 0.6) is 0 Å². The summed E-state index contributed by atoms with van der Waals surface area (Å²) in [4.78, 5) is 22.7. The number of hydrogen-bond acceptors (Lipinski definition) is 4. The van der Waals surface area contributed by atoms with Crippen LogP contribution in [0.4, 0.5) is 0 Å². The number of carboxylic acid groups (broad SMARTS) is 1. The van der Waals surface area contributed by atoms with Crippen molar-refractivity contribution < 1.29 is 19.2 Å². The lowest BCUT2D eigenvalue weighted by Gasteiger charge is -2.15. The molecule has 0 saturated heterocycles. The van der Waals surface area contributed by atoms with Crippen molar-refractivity contribution >= 4 is 11.9 Å². The fourth-order valence-electron chi connectivity index (χ4n) is 1.43. The topological polar surface area (TPSA) is 92.4 Å². The molecule has 0 fully saturated rings. The van der Waals surface area contributed by atoms with Crippen LogP contribution in [0, 0.1) is 12.8 Å². The van der Waals surface area contributed by atoms with Crippen LogP contribution < -0.4 is 5.32 Å². The van der Waals surface area contributed by atoms with Crippen LogP contribution in [0.15, 0.2) is 10.7 Å². The molecule has 6 nitrogen and oxygen atoms in total. The quantitative estimate of drug-likeness (QED) is 0.807. The fraction of sp³-hybridized carbons (Fsp3) is 0.545. The number of rotatable bonds is 5. The summed E-state index contributed by atoms with van der Waals surface area (Å²) in [6, 6.07) is -0.910. The average Bonchev–Trinajstić information content (AvgIpc) is 2.62.